The molecule has 2 aliphatic rings. The molecule has 0 atom stereocenters. The highest BCUT2D eigenvalue weighted by Gasteiger charge is 2.51. The fourth-order valence-corrected chi connectivity index (χ4v) is 3.16. The Morgan fingerprint density at radius 1 is 1.21 bits per heavy atom. The van der Waals surface area contributed by atoms with Crippen molar-refractivity contribution in [3.05, 3.63) is 30.3 Å². The molecule has 0 saturated carbocycles. The van der Waals surface area contributed by atoms with Crippen LogP contribution in [0.2, 0.25) is 0 Å². The van der Waals surface area contributed by atoms with Crippen LogP contribution >= 0.6 is 0 Å². The Bertz CT molecular complexity index is 638. The van der Waals surface area contributed by atoms with Crippen molar-refractivity contribution in [2.75, 3.05) is 26.7 Å². The van der Waals surface area contributed by atoms with E-state index in [1.807, 2.05) is 30.3 Å². The largest absolute Gasteiger partial charge is 0.493 e. The van der Waals surface area contributed by atoms with E-state index in [-0.39, 0.29) is 17.8 Å². The van der Waals surface area contributed by atoms with Crippen molar-refractivity contribution in [1.29, 1.82) is 0 Å². The number of ether oxygens (including phenoxy) is 1. The van der Waals surface area contributed by atoms with Crippen LogP contribution < -0.4 is 10.1 Å². The summed E-state index contributed by atoms with van der Waals surface area (Å²) in [5.74, 6) is 0.545. The Hall–Kier alpha value is -2.57. The van der Waals surface area contributed by atoms with Gasteiger partial charge in [0.15, 0.2) is 0 Å². The highest BCUT2D eigenvalue weighted by Crippen LogP contribution is 2.28. The maximum Gasteiger partial charge on any atom is 0.324 e. The van der Waals surface area contributed by atoms with Crippen molar-refractivity contribution in [3.8, 4) is 5.75 Å². The van der Waals surface area contributed by atoms with Crippen LogP contribution in [0.1, 0.15) is 19.3 Å². The summed E-state index contributed by atoms with van der Waals surface area (Å²) in [5.41, 5.74) is -0.830. The van der Waals surface area contributed by atoms with E-state index < -0.39 is 5.54 Å². The smallest absolute Gasteiger partial charge is 0.324 e. The quantitative estimate of drug-likeness (QED) is 0.835. The van der Waals surface area contributed by atoms with Gasteiger partial charge in [0.25, 0.3) is 5.91 Å². The number of hydrogen-bond donors (Lipinski definition) is 1. The molecule has 7 nitrogen and oxygen atoms in total. The van der Waals surface area contributed by atoms with E-state index in [2.05, 4.69) is 5.32 Å². The summed E-state index contributed by atoms with van der Waals surface area (Å²) >= 11 is 0. The molecule has 0 aromatic heterocycles. The van der Waals surface area contributed by atoms with Gasteiger partial charge in [0, 0.05) is 20.1 Å². The zero-order valence-corrected chi connectivity index (χ0v) is 13.7. The number of amides is 4. The lowest BCUT2D eigenvalue weighted by molar-refractivity contribution is -0.138. The van der Waals surface area contributed by atoms with Crippen molar-refractivity contribution < 1.29 is 19.1 Å². The summed E-state index contributed by atoms with van der Waals surface area (Å²) in [7, 11) is 1.48. The molecule has 0 bridgehead atoms. The average molecular weight is 331 g/mol. The third-order valence-electron chi connectivity index (χ3n) is 4.66. The molecule has 2 heterocycles. The maximum absolute atomic E-state index is 12.3. The molecule has 2 saturated heterocycles. The summed E-state index contributed by atoms with van der Waals surface area (Å²) in [6, 6.07) is 8.99. The van der Waals surface area contributed by atoms with Gasteiger partial charge in [0.2, 0.25) is 5.91 Å². The second kappa shape index (κ2) is 6.51. The average Bonchev–Trinajstić information content (AvgIpc) is 2.80. The number of likely N-dealkylation sites (N-methyl/N-ethyl adjacent to an activating group) is 1. The number of rotatable bonds is 4. The molecule has 7 heteroatoms. The second-order valence-electron chi connectivity index (χ2n) is 6.17. The highest BCUT2D eigenvalue weighted by atomic mass is 16.5. The SMILES string of the molecule is CN1C(=O)NC2(CCN(C(=O)CCOc3ccccc3)CC2)C1=O. The molecule has 2 aliphatic heterocycles. The Labute approximate surface area is 140 Å². The van der Waals surface area contributed by atoms with Crippen LogP contribution in [0, 0.1) is 0 Å². The minimum absolute atomic E-state index is 0.00547. The minimum atomic E-state index is -0.830. The molecule has 1 N–H and O–H groups in total. The predicted octanol–water partition coefficient (Wildman–Crippen LogP) is 0.998. The van der Waals surface area contributed by atoms with E-state index in [0.717, 1.165) is 10.6 Å². The van der Waals surface area contributed by atoms with E-state index in [1.165, 1.54) is 7.05 Å². The molecule has 4 amide bonds. The number of urea groups is 1. The molecule has 128 valence electrons. The predicted molar refractivity (Wildman–Crippen MR) is 86.4 cm³/mol. The number of carbonyl (C=O) groups is 3. The van der Waals surface area contributed by atoms with E-state index in [9.17, 15) is 14.4 Å². The summed E-state index contributed by atoms with van der Waals surface area (Å²) in [4.78, 5) is 39.0. The first kappa shape index (κ1) is 16.3. The molecule has 24 heavy (non-hydrogen) atoms. The van der Waals surface area contributed by atoms with E-state index in [0.29, 0.717) is 39.0 Å². The molecule has 2 fully saturated rings. The molecular formula is C17H21N3O4. The number of nitrogens with one attached hydrogen (secondary N) is 1. The number of carbonyl (C=O) groups excluding carboxylic acids is 3. The Morgan fingerprint density at radius 3 is 2.46 bits per heavy atom. The summed E-state index contributed by atoms with van der Waals surface area (Å²) in [6.45, 7) is 1.25. The number of likely N-dealkylation sites (tertiary alicyclic amines) is 1. The highest BCUT2D eigenvalue weighted by molar-refractivity contribution is 6.06. The van der Waals surface area contributed by atoms with Gasteiger partial charge in [-0.25, -0.2) is 4.79 Å². The van der Waals surface area contributed by atoms with Gasteiger partial charge in [-0.05, 0) is 25.0 Å². The standard InChI is InChI=1S/C17H21N3O4/c1-19-15(22)17(18-16(19)23)8-10-20(11-9-17)14(21)7-12-24-13-5-3-2-4-6-13/h2-6H,7-12H2,1H3,(H,18,23). The normalized spacial score (nSPS) is 19.5. The Kier molecular flexibility index (Phi) is 4.42. The van der Waals surface area contributed by atoms with Crippen molar-refractivity contribution in [2.24, 2.45) is 0 Å². The summed E-state index contributed by atoms with van der Waals surface area (Å²) < 4.78 is 5.54. The topological polar surface area (TPSA) is 79.0 Å². The fourth-order valence-electron chi connectivity index (χ4n) is 3.16. The van der Waals surface area contributed by atoms with E-state index >= 15 is 0 Å². The molecule has 1 spiro atoms. The molecule has 1 aromatic rings. The van der Waals surface area contributed by atoms with Gasteiger partial charge in [-0.3, -0.25) is 14.5 Å². The van der Waals surface area contributed by atoms with Gasteiger partial charge in [-0.1, -0.05) is 18.2 Å². The van der Waals surface area contributed by atoms with Crippen LogP contribution in [0.15, 0.2) is 30.3 Å². The number of hydrogen-bond acceptors (Lipinski definition) is 4. The zero-order valence-electron chi connectivity index (χ0n) is 13.7. The number of piperidine rings is 1. The van der Waals surface area contributed by atoms with Crippen LogP contribution in [0.5, 0.6) is 5.75 Å². The van der Waals surface area contributed by atoms with Crippen molar-refractivity contribution in [1.82, 2.24) is 15.1 Å². The fraction of sp³-hybridized carbons (Fsp3) is 0.471. The first-order valence-corrected chi connectivity index (χ1v) is 8.08. The van der Waals surface area contributed by atoms with Gasteiger partial charge >= 0.3 is 6.03 Å². The van der Waals surface area contributed by atoms with Gasteiger partial charge in [-0.15, -0.1) is 0 Å². The van der Waals surface area contributed by atoms with Crippen LogP contribution in [-0.4, -0.2) is 59.9 Å². The summed E-state index contributed by atoms with van der Waals surface area (Å²) in [5, 5.41) is 2.77. The number of para-hydroxylation sites is 1. The molecule has 0 aliphatic carbocycles. The van der Waals surface area contributed by atoms with Crippen molar-refractivity contribution in [3.63, 3.8) is 0 Å². The zero-order chi connectivity index (χ0) is 17.2. The molecule has 1 aromatic carbocycles. The van der Waals surface area contributed by atoms with Crippen molar-refractivity contribution in [2.45, 2.75) is 24.8 Å². The summed E-state index contributed by atoms with van der Waals surface area (Å²) in [6.07, 6.45) is 1.20. The Morgan fingerprint density at radius 2 is 1.88 bits per heavy atom. The number of nitrogens with zero attached hydrogens (tertiary/aromatic N) is 2. The van der Waals surface area contributed by atoms with Crippen LogP contribution in [0.25, 0.3) is 0 Å². The van der Waals surface area contributed by atoms with Gasteiger partial charge in [0.05, 0.1) is 13.0 Å². The third kappa shape index (κ3) is 3.06. The lowest BCUT2D eigenvalue weighted by Crippen LogP contribution is -2.55. The Balaban J connectivity index is 1.47. The number of imide groups is 1. The van der Waals surface area contributed by atoms with Gasteiger partial charge in [-0.2, -0.15) is 0 Å². The molecule has 0 radical (unpaired) electrons. The van der Waals surface area contributed by atoms with Crippen molar-refractivity contribution >= 4 is 17.8 Å². The van der Waals surface area contributed by atoms with Crippen LogP contribution in [0.3, 0.4) is 0 Å². The molecule has 0 unspecified atom stereocenters. The molecule has 3 rings (SSSR count). The molecular weight excluding hydrogens is 310 g/mol. The van der Waals surface area contributed by atoms with E-state index in [4.69, 9.17) is 4.74 Å². The third-order valence-corrected chi connectivity index (χ3v) is 4.66. The van der Waals surface area contributed by atoms with E-state index in [1.54, 1.807) is 4.90 Å². The maximum atomic E-state index is 12.3. The van der Waals surface area contributed by atoms with Crippen LogP contribution in [0.4, 0.5) is 4.79 Å². The minimum Gasteiger partial charge on any atom is -0.493 e. The second-order valence-corrected chi connectivity index (χ2v) is 6.17. The van der Waals surface area contributed by atoms with Gasteiger partial charge in [0.1, 0.15) is 11.3 Å². The van der Waals surface area contributed by atoms with Crippen LogP contribution in [-0.2, 0) is 9.59 Å². The number of benzene rings is 1. The lowest BCUT2D eigenvalue weighted by Gasteiger charge is -2.37. The lowest BCUT2D eigenvalue weighted by atomic mass is 9.87. The monoisotopic (exact) mass is 331 g/mol. The first-order chi connectivity index (χ1) is 11.5. The van der Waals surface area contributed by atoms with Gasteiger partial charge < -0.3 is 15.0 Å². The first-order valence-electron chi connectivity index (χ1n) is 8.08.